The van der Waals surface area contributed by atoms with Gasteiger partial charge in [-0.2, -0.15) is 0 Å². The number of amides is 1. The number of ether oxygens (including phenoxy) is 1. The number of carbonyl (C=O) groups excluding carboxylic acids is 1. The van der Waals surface area contributed by atoms with E-state index in [4.69, 9.17) is 4.74 Å². The third-order valence-electron chi connectivity index (χ3n) is 4.62. The van der Waals surface area contributed by atoms with E-state index in [1.807, 2.05) is 17.0 Å². The fourth-order valence-electron chi connectivity index (χ4n) is 3.24. The largest absolute Gasteiger partial charge is 0.380 e. The Labute approximate surface area is 136 Å². The molecule has 1 N–H and O–H groups in total. The summed E-state index contributed by atoms with van der Waals surface area (Å²) in [6.07, 6.45) is 5.67. The molecule has 1 aliphatic heterocycles. The Morgan fingerprint density at radius 1 is 1.43 bits per heavy atom. The maximum absolute atomic E-state index is 12.7. The van der Waals surface area contributed by atoms with Crippen LogP contribution in [-0.2, 0) is 16.0 Å². The van der Waals surface area contributed by atoms with Gasteiger partial charge in [-0.3, -0.25) is 4.79 Å². The maximum atomic E-state index is 12.7. The van der Waals surface area contributed by atoms with E-state index in [-0.39, 0.29) is 18.1 Å². The van der Waals surface area contributed by atoms with Crippen LogP contribution in [0.15, 0.2) is 36.7 Å². The highest BCUT2D eigenvalue weighted by atomic mass is 16.5. The number of benzene rings is 1. The van der Waals surface area contributed by atoms with E-state index < -0.39 is 0 Å². The molecule has 122 valence electrons. The van der Waals surface area contributed by atoms with Crippen molar-refractivity contribution in [1.82, 2.24) is 14.9 Å². The number of likely N-dealkylation sites (tertiary alicyclic amines) is 1. The minimum absolute atomic E-state index is 0.0145. The van der Waals surface area contributed by atoms with Crippen molar-refractivity contribution in [3.8, 4) is 0 Å². The molecule has 2 aromatic rings. The van der Waals surface area contributed by atoms with Crippen LogP contribution in [0.4, 0.5) is 0 Å². The molecule has 1 unspecified atom stereocenters. The molecular weight excluding hydrogens is 290 g/mol. The second kappa shape index (κ2) is 6.96. The minimum Gasteiger partial charge on any atom is -0.380 e. The summed E-state index contributed by atoms with van der Waals surface area (Å²) in [4.78, 5) is 22.1. The molecule has 2 heterocycles. The second-order valence-electron chi connectivity index (χ2n) is 6.06. The normalized spacial score (nSPS) is 20.9. The van der Waals surface area contributed by atoms with Crippen molar-refractivity contribution < 1.29 is 9.53 Å². The molecule has 1 aromatic heterocycles. The number of imidazole rings is 1. The van der Waals surface area contributed by atoms with Gasteiger partial charge in [-0.1, -0.05) is 24.3 Å². The Hall–Kier alpha value is -2.14. The topological polar surface area (TPSA) is 58.2 Å². The molecule has 1 aliphatic rings. The molecule has 0 spiro atoms. The van der Waals surface area contributed by atoms with Crippen LogP contribution in [0.2, 0.25) is 0 Å². The van der Waals surface area contributed by atoms with Crippen molar-refractivity contribution >= 4 is 5.91 Å². The molecule has 1 amide bonds. The summed E-state index contributed by atoms with van der Waals surface area (Å²) in [6.45, 7) is 2.72. The highest BCUT2D eigenvalue weighted by molar-refractivity contribution is 5.77. The van der Waals surface area contributed by atoms with Crippen LogP contribution in [0.25, 0.3) is 0 Å². The van der Waals surface area contributed by atoms with Gasteiger partial charge in [0.15, 0.2) is 0 Å². The number of aryl methyl sites for hydroxylation is 2. The molecule has 1 aromatic carbocycles. The summed E-state index contributed by atoms with van der Waals surface area (Å²) in [5.74, 6) is 1.00. The van der Waals surface area contributed by atoms with Crippen molar-refractivity contribution in [3.63, 3.8) is 0 Å². The predicted octanol–water partition coefficient (Wildman–Crippen LogP) is 2.64. The van der Waals surface area contributed by atoms with Crippen molar-refractivity contribution in [2.45, 2.75) is 38.3 Å². The smallest absolute Gasteiger partial charge is 0.223 e. The Balaban J connectivity index is 1.68. The quantitative estimate of drug-likeness (QED) is 0.923. The molecule has 1 fully saturated rings. The molecule has 1 saturated heterocycles. The first-order chi connectivity index (χ1) is 11.2. The van der Waals surface area contributed by atoms with E-state index in [9.17, 15) is 4.79 Å². The molecule has 2 atom stereocenters. The number of methoxy groups -OCH3 is 1. The average molecular weight is 313 g/mol. The fourth-order valence-corrected chi connectivity index (χ4v) is 3.24. The van der Waals surface area contributed by atoms with E-state index in [0.29, 0.717) is 13.0 Å². The van der Waals surface area contributed by atoms with Gasteiger partial charge in [0, 0.05) is 38.9 Å². The molecule has 23 heavy (non-hydrogen) atoms. The second-order valence-corrected chi connectivity index (χ2v) is 6.06. The fraction of sp³-hybridized carbons (Fsp3) is 0.444. The number of aromatic amines is 1. The average Bonchev–Trinajstić information content (AvgIpc) is 3.22. The van der Waals surface area contributed by atoms with Crippen LogP contribution < -0.4 is 0 Å². The first-order valence-corrected chi connectivity index (χ1v) is 8.05. The molecule has 3 rings (SSSR count). The Morgan fingerprint density at radius 2 is 2.26 bits per heavy atom. The van der Waals surface area contributed by atoms with Crippen LogP contribution in [0, 0.1) is 6.92 Å². The Bertz CT molecular complexity index is 654. The van der Waals surface area contributed by atoms with Gasteiger partial charge in [0.1, 0.15) is 5.82 Å². The minimum atomic E-state index is -0.0145. The summed E-state index contributed by atoms with van der Waals surface area (Å²) in [5.41, 5.74) is 2.47. The Morgan fingerprint density at radius 3 is 2.96 bits per heavy atom. The van der Waals surface area contributed by atoms with Gasteiger partial charge in [0.2, 0.25) is 5.91 Å². The molecular formula is C18H23N3O2. The number of nitrogens with one attached hydrogen (secondary N) is 1. The third-order valence-corrected chi connectivity index (χ3v) is 4.62. The first-order valence-electron chi connectivity index (χ1n) is 8.05. The number of rotatable bonds is 5. The zero-order chi connectivity index (χ0) is 16.2. The zero-order valence-electron chi connectivity index (χ0n) is 13.7. The van der Waals surface area contributed by atoms with E-state index in [2.05, 4.69) is 29.0 Å². The summed E-state index contributed by atoms with van der Waals surface area (Å²) in [5, 5.41) is 0. The standard InChI is InChI=1S/C18H23N3O2/c1-13-5-3-4-6-14(13)7-8-17(22)21-12-15(23-2)11-16(21)18-19-9-10-20-18/h3-6,9-10,15-16H,7-8,11-12H2,1-2H3,(H,19,20)/t15-,16?/m1/s1. The van der Waals surface area contributed by atoms with E-state index in [1.54, 1.807) is 19.5 Å². The van der Waals surface area contributed by atoms with Gasteiger partial charge in [-0.15, -0.1) is 0 Å². The number of nitrogens with zero attached hydrogens (tertiary/aromatic N) is 2. The van der Waals surface area contributed by atoms with E-state index in [0.717, 1.165) is 18.7 Å². The third kappa shape index (κ3) is 3.45. The highest BCUT2D eigenvalue weighted by Gasteiger charge is 2.37. The number of hydrogen-bond donors (Lipinski definition) is 1. The lowest BCUT2D eigenvalue weighted by atomic mass is 10.0. The van der Waals surface area contributed by atoms with Gasteiger partial charge in [-0.25, -0.2) is 4.98 Å². The summed E-state index contributed by atoms with van der Waals surface area (Å²) in [7, 11) is 1.70. The molecule has 0 aliphatic carbocycles. The van der Waals surface area contributed by atoms with Crippen LogP contribution in [0.3, 0.4) is 0 Å². The predicted molar refractivity (Wildman–Crippen MR) is 88.0 cm³/mol. The monoisotopic (exact) mass is 313 g/mol. The van der Waals surface area contributed by atoms with Crippen LogP contribution >= 0.6 is 0 Å². The SMILES string of the molecule is CO[C@@H]1CC(c2ncc[nH]2)N(C(=O)CCc2ccccc2C)C1. The van der Waals surface area contributed by atoms with Crippen molar-refractivity contribution in [3.05, 3.63) is 53.6 Å². The zero-order valence-corrected chi connectivity index (χ0v) is 13.7. The van der Waals surface area contributed by atoms with Gasteiger partial charge in [-0.05, 0) is 24.5 Å². The van der Waals surface area contributed by atoms with Crippen molar-refractivity contribution in [2.24, 2.45) is 0 Å². The molecule has 0 bridgehead atoms. The Kier molecular flexibility index (Phi) is 4.76. The lowest BCUT2D eigenvalue weighted by Crippen LogP contribution is -2.32. The molecule has 5 heteroatoms. The molecule has 0 radical (unpaired) electrons. The maximum Gasteiger partial charge on any atom is 0.223 e. The van der Waals surface area contributed by atoms with Gasteiger partial charge in [0.25, 0.3) is 0 Å². The summed E-state index contributed by atoms with van der Waals surface area (Å²) in [6, 6.07) is 8.21. The first kappa shape index (κ1) is 15.7. The number of H-pyrrole nitrogens is 1. The van der Waals surface area contributed by atoms with Crippen molar-refractivity contribution in [1.29, 1.82) is 0 Å². The van der Waals surface area contributed by atoms with Gasteiger partial charge >= 0.3 is 0 Å². The summed E-state index contributed by atoms with van der Waals surface area (Å²) >= 11 is 0. The van der Waals surface area contributed by atoms with Crippen LogP contribution in [-0.4, -0.2) is 40.5 Å². The van der Waals surface area contributed by atoms with E-state index >= 15 is 0 Å². The lowest BCUT2D eigenvalue weighted by molar-refractivity contribution is -0.132. The number of aromatic nitrogens is 2. The molecule has 0 saturated carbocycles. The molecule has 5 nitrogen and oxygen atoms in total. The van der Waals surface area contributed by atoms with E-state index in [1.165, 1.54) is 11.1 Å². The summed E-state index contributed by atoms with van der Waals surface area (Å²) < 4.78 is 5.47. The van der Waals surface area contributed by atoms with Gasteiger partial charge in [0.05, 0.1) is 12.1 Å². The van der Waals surface area contributed by atoms with Crippen LogP contribution in [0.5, 0.6) is 0 Å². The number of carbonyl (C=O) groups is 1. The highest BCUT2D eigenvalue weighted by Crippen LogP contribution is 2.32. The lowest BCUT2D eigenvalue weighted by Gasteiger charge is -2.23. The van der Waals surface area contributed by atoms with Gasteiger partial charge < -0.3 is 14.6 Å². The van der Waals surface area contributed by atoms with Crippen LogP contribution in [0.1, 0.15) is 35.8 Å². The number of hydrogen-bond acceptors (Lipinski definition) is 3. The van der Waals surface area contributed by atoms with Crippen molar-refractivity contribution in [2.75, 3.05) is 13.7 Å².